The zero-order chi connectivity index (χ0) is 37.5. The summed E-state index contributed by atoms with van der Waals surface area (Å²) in [4.78, 5) is 70.2. The summed E-state index contributed by atoms with van der Waals surface area (Å²) in [6, 6.07) is 10.7. The van der Waals surface area contributed by atoms with Crippen LogP contribution >= 0.6 is 0 Å². The van der Waals surface area contributed by atoms with Gasteiger partial charge in [0.1, 0.15) is 42.2 Å². The van der Waals surface area contributed by atoms with Gasteiger partial charge in [0, 0.05) is 25.8 Å². The summed E-state index contributed by atoms with van der Waals surface area (Å²) in [5.41, 5.74) is 1.95. The van der Waals surface area contributed by atoms with Gasteiger partial charge >= 0.3 is 5.97 Å². The van der Waals surface area contributed by atoms with Gasteiger partial charge in [-0.3, -0.25) is 19.2 Å². The molecule has 1 saturated carbocycles. The van der Waals surface area contributed by atoms with Gasteiger partial charge in [0.25, 0.3) is 0 Å². The van der Waals surface area contributed by atoms with Crippen LogP contribution in [0.5, 0.6) is 5.75 Å². The van der Waals surface area contributed by atoms with Gasteiger partial charge in [-0.1, -0.05) is 66.9 Å². The predicted octanol–water partition coefficient (Wildman–Crippen LogP) is 1.53. The van der Waals surface area contributed by atoms with E-state index in [2.05, 4.69) is 31.6 Å². The molecule has 15 heteroatoms. The van der Waals surface area contributed by atoms with Crippen LogP contribution in [0.3, 0.4) is 0 Å². The molecule has 0 radical (unpaired) electrons. The Labute approximate surface area is 308 Å². The fraction of sp³-hybridized carbons (Fsp3) is 0.500. The molecule has 53 heavy (non-hydrogen) atoms. The number of amides is 4. The van der Waals surface area contributed by atoms with Crippen molar-refractivity contribution in [3.8, 4) is 5.75 Å². The second kappa shape index (κ2) is 17.0. The Morgan fingerprint density at radius 2 is 1.74 bits per heavy atom. The molecule has 4 amide bonds. The van der Waals surface area contributed by atoms with E-state index in [1.54, 1.807) is 49.1 Å². The molecule has 6 atom stereocenters. The van der Waals surface area contributed by atoms with Gasteiger partial charge in [-0.25, -0.2) is 9.48 Å². The lowest BCUT2D eigenvalue weighted by atomic mass is 9.83. The summed E-state index contributed by atoms with van der Waals surface area (Å²) in [5.74, 6) is -2.73. The molecule has 1 aliphatic carbocycles. The Balaban J connectivity index is 1.36. The number of carboxylic acid groups (broad SMARTS) is 1. The zero-order valence-electron chi connectivity index (χ0n) is 30.1. The number of carbonyl (C=O) groups excluding carboxylic acids is 4. The molecule has 282 valence electrons. The van der Waals surface area contributed by atoms with Crippen LogP contribution in [-0.2, 0) is 43.4 Å². The Morgan fingerprint density at radius 1 is 1.00 bits per heavy atom. The third-order valence-electron chi connectivity index (χ3n) is 10.6. The first-order valence-corrected chi connectivity index (χ1v) is 18.4. The topological polar surface area (TPSA) is 197 Å². The number of hydrogen-bond acceptors (Lipinski definition) is 9. The summed E-state index contributed by atoms with van der Waals surface area (Å²) in [5, 5.41) is 30.2. The zero-order valence-corrected chi connectivity index (χ0v) is 30.1. The number of benzene rings is 2. The number of likely N-dealkylation sites (N-methyl/N-ethyl adjacent to an activating group) is 1. The van der Waals surface area contributed by atoms with Crippen molar-refractivity contribution < 1.29 is 33.8 Å². The van der Waals surface area contributed by atoms with Gasteiger partial charge in [-0.15, -0.1) is 5.10 Å². The molecule has 7 rings (SSSR count). The number of fused-ring (bicyclic) bond motifs is 9. The minimum Gasteiger partial charge on any atom is -0.487 e. The average molecular weight is 729 g/mol. The van der Waals surface area contributed by atoms with E-state index in [9.17, 15) is 29.1 Å². The lowest BCUT2D eigenvalue weighted by Gasteiger charge is -2.35. The standard InChI is InChI=1S/C38H48N8O7/c1-23(39-2)34(47)42-33(26-11-7-4-8-12-26)37(50)45-21-28-19-32(45)36(49)40-30(17-24-9-5-3-6-10-24)35(48)41-31(38(51)52)18-25-13-15-29(16-14-25)53-22-27-20-46(28)44-43-27/h3,5-6,9-10,13-16,20,23,26,28,30-33,39H,4,7-8,11-12,17-19,21-22H2,1-2H3,(H,40,49)(H,41,48)(H,42,47)(H,51,52). The highest BCUT2D eigenvalue weighted by atomic mass is 16.5. The van der Waals surface area contributed by atoms with Crippen LogP contribution in [0, 0.1) is 5.92 Å². The van der Waals surface area contributed by atoms with Crippen molar-refractivity contribution in [1.82, 2.24) is 41.2 Å². The van der Waals surface area contributed by atoms with Gasteiger partial charge in [-0.2, -0.15) is 0 Å². The molecule has 2 fully saturated rings. The third kappa shape index (κ3) is 9.20. The molecule has 5 N–H and O–H groups in total. The van der Waals surface area contributed by atoms with E-state index >= 15 is 0 Å². The molecule has 0 spiro atoms. The molecule has 4 heterocycles. The van der Waals surface area contributed by atoms with Crippen molar-refractivity contribution in [3.63, 3.8) is 0 Å². The van der Waals surface area contributed by atoms with E-state index in [1.807, 2.05) is 30.3 Å². The highest BCUT2D eigenvalue weighted by Crippen LogP contribution is 2.32. The molecule has 6 unspecified atom stereocenters. The van der Waals surface area contributed by atoms with Gasteiger partial charge in [-0.05, 0) is 56.0 Å². The largest absolute Gasteiger partial charge is 0.487 e. The summed E-state index contributed by atoms with van der Waals surface area (Å²) < 4.78 is 7.56. The second-order valence-corrected chi connectivity index (χ2v) is 14.3. The molecular weight excluding hydrogens is 680 g/mol. The van der Waals surface area contributed by atoms with E-state index in [0.717, 1.165) is 37.7 Å². The Kier molecular flexibility index (Phi) is 12.0. The molecule has 3 aliphatic heterocycles. The molecule has 6 bridgehead atoms. The van der Waals surface area contributed by atoms with E-state index in [0.29, 0.717) is 17.0 Å². The quantitative estimate of drug-likeness (QED) is 0.227. The molecule has 1 saturated heterocycles. The number of aliphatic carboxylic acids is 1. The van der Waals surface area contributed by atoms with Gasteiger partial charge in [0.2, 0.25) is 23.6 Å². The fourth-order valence-corrected chi connectivity index (χ4v) is 7.41. The molecule has 1 aromatic heterocycles. The van der Waals surface area contributed by atoms with E-state index in [-0.39, 0.29) is 50.1 Å². The SMILES string of the molecule is CNC(C)C(=O)NC(C(=O)N1CC2CC1C(=O)NC(Cc1ccccc1)C(=O)NC(C(=O)O)Cc1ccc(cc1)OCc1cn2nn1)C1CCCCC1. The summed E-state index contributed by atoms with van der Waals surface area (Å²) in [6.45, 7) is 1.93. The summed E-state index contributed by atoms with van der Waals surface area (Å²) >= 11 is 0. The number of likely N-dealkylation sites (tertiary alicyclic amines) is 1. The first-order valence-electron chi connectivity index (χ1n) is 18.4. The van der Waals surface area contributed by atoms with Gasteiger partial charge in [0.15, 0.2) is 0 Å². The number of carbonyl (C=O) groups is 5. The number of nitrogens with one attached hydrogen (secondary N) is 4. The van der Waals surface area contributed by atoms with Crippen LogP contribution in [0.1, 0.15) is 68.3 Å². The van der Waals surface area contributed by atoms with Crippen molar-refractivity contribution in [2.45, 2.75) is 101 Å². The number of hydrogen-bond donors (Lipinski definition) is 5. The van der Waals surface area contributed by atoms with Crippen LogP contribution in [0.2, 0.25) is 0 Å². The van der Waals surface area contributed by atoms with E-state index < -0.39 is 54.0 Å². The highest BCUT2D eigenvalue weighted by molar-refractivity contribution is 5.96. The smallest absolute Gasteiger partial charge is 0.326 e. The predicted molar refractivity (Wildman–Crippen MR) is 192 cm³/mol. The number of rotatable bonds is 8. The maximum atomic E-state index is 14.7. The van der Waals surface area contributed by atoms with Crippen LogP contribution in [-0.4, -0.2) is 98.4 Å². The van der Waals surface area contributed by atoms with Crippen molar-refractivity contribution in [1.29, 1.82) is 0 Å². The van der Waals surface area contributed by atoms with Crippen molar-refractivity contribution in [2.75, 3.05) is 13.6 Å². The van der Waals surface area contributed by atoms with Crippen LogP contribution in [0.25, 0.3) is 0 Å². The number of aromatic nitrogens is 3. The Morgan fingerprint density at radius 3 is 2.43 bits per heavy atom. The number of ether oxygens (including phenoxy) is 1. The first-order chi connectivity index (χ1) is 25.6. The molecule has 4 aliphatic rings. The lowest BCUT2D eigenvalue weighted by molar-refractivity contribution is -0.144. The normalized spacial score (nSPS) is 23.7. The van der Waals surface area contributed by atoms with Crippen LogP contribution in [0.4, 0.5) is 0 Å². The number of carboxylic acids is 1. The molecule has 3 aromatic rings. The Bertz CT molecular complexity index is 1760. The minimum atomic E-state index is -1.28. The maximum absolute atomic E-state index is 14.7. The first kappa shape index (κ1) is 37.4. The van der Waals surface area contributed by atoms with Crippen LogP contribution < -0.4 is 26.0 Å². The van der Waals surface area contributed by atoms with Crippen molar-refractivity contribution >= 4 is 29.6 Å². The molecule has 15 nitrogen and oxygen atoms in total. The summed E-state index contributed by atoms with van der Waals surface area (Å²) in [6.07, 6.45) is 6.40. The monoisotopic (exact) mass is 728 g/mol. The second-order valence-electron chi connectivity index (χ2n) is 14.3. The number of nitrogens with zero attached hydrogens (tertiary/aromatic N) is 4. The Hall–Kier alpha value is -5.31. The minimum absolute atomic E-state index is 0.00525. The van der Waals surface area contributed by atoms with Gasteiger partial charge in [0.05, 0.1) is 18.3 Å². The highest BCUT2D eigenvalue weighted by Gasteiger charge is 2.46. The van der Waals surface area contributed by atoms with Crippen LogP contribution in [0.15, 0.2) is 60.8 Å². The lowest BCUT2D eigenvalue weighted by Crippen LogP contribution is -2.60. The molecule has 2 aromatic carbocycles. The van der Waals surface area contributed by atoms with Gasteiger partial charge < -0.3 is 36.0 Å². The summed E-state index contributed by atoms with van der Waals surface area (Å²) in [7, 11) is 1.67. The van der Waals surface area contributed by atoms with Crippen molar-refractivity contribution in [3.05, 3.63) is 77.6 Å². The van der Waals surface area contributed by atoms with Crippen molar-refractivity contribution in [2.24, 2.45) is 5.92 Å². The maximum Gasteiger partial charge on any atom is 0.326 e. The average Bonchev–Trinajstić information content (AvgIpc) is 3.84. The molecular formula is C38H48N8O7. The van der Waals surface area contributed by atoms with E-state index in [1.165, 1.54) is 4.90 Å². The third-order valence-corrected chi connectivity index (χ3v) is 10.6. The fourth-order valence-electron chi connectivity index (χ4n) is 7.41. The van der Waals surface area contributed by atoms with E-state index in [4.69, 9.17) is 4.74 Å².